The van der Waals surface area contributed by atoms with Crippen molar-refractivity contribution in [3.8, 4) is 5.75 Å². The van der Waals surface area contributed by atoms with Gasteiger partial charge in [0.2, 0.25) is 0 Å². The van der Waals surface area contributed by atoms with Crippen LogP contribution in [0.1, 0.15) is 23.7 Å². The molecule has 0 aliphatic carbocycles. The van der Waals surface area contributed by atoms with Gasteiger partial charge in [0.05, 0.1) is 19.2 Å². The quantitative estimate of drug-likeness (QED) is 0.778. The Hall–Kier alpha value is -1.46. The average Bonchev–Trinajstić information content (AvgIpc) is 2.49. The van der Waals surface area contributed by atoms with Crippen molar-refractivity contribution in [2.45, 2.75) is 19.4 Å². The van der Waals surface area contributed by atoms with E-state index in [-0.39, 0.29) is 5.78 Å². The largest absolute Gasteiger partial charge is 0.496 e. The Labute approximate surface area is 125 Å². The number of nitrogens with zero attached hydrogens (tertiary/aromatic N) is 2. The molecule has 1 atom stereocenters. The summed E-state index contributed by atoms with van der Waals surface area (Å²) >= 11 is 0. The molecule has 0 radical (unpaired) electrons. The Kier molecular flexibility index (Phi) is 5.31. The van der Waals surface area contributed by atoms with Crippen LogP contribution < -0.4 is 4.74 Å². The molecule has 1 aromatic rings. The van der Waals surface area contributed by atoms with Crippen LogP contribution in [0.2, 0.25) is 0 Å². The molecule has 1 aromatic carbocycles. The molecule has 1 aliphatic rings. The minimum Gasteiger partial charge on any atom is -0.496 e. The summed E-state index contributed by atoms with van der Waals surface area (Å²) in [4.78, 5) is 16.9. The zero-order valence-corrected chi connectivity index (χ0v) is 12.9. The summed E-state index contributed by atoms with van der Waals surface area (Å²) in [6.45, 7) is 5.14. The minimum atomic E-state index is -0.413. The number of likely N-dealkylation sites (N-methyl/N-ethyl adjacent to an activating group) is 1. The summed E-state index contributed by atoms with van der Waals surface area (Å²) in [7, 11) is 3.61. The molecular weight excluding hydrogens is 271 g/mol. The number of methoxy groups -OCH3 is 1. The highest BCUT2D eigenvalue weighted by atomic mass is 19.1. The molecule has 116 valence electrons. The highest BCUT2D eigenvalue weighted by Crippen LogP contribution is 2.21. The van der Waals surface area contributed by atoms with Crippen LogP contribution >= 0.6 is 0 Å². The summed E-state index contributed by atoms with van der Waals surface area (Å²) in [5.74, 6) is -0.0720. The van der Waals surface area contributed by atoms with Crippen molar-refractivity contribution in [3.63, 3.8) is 0 Å². The summed E-state index contributed by atoms with van der Waals surface area (Å²) in [5, 5.41) is 0. The smallest absolute Gasteiger partial charge is 0.180 e. The highest BCUT2D eigenvalue weighted by molar-refractivity contribution is 6.00. The Balaban J connectivity index is 2.06. The minimum absolute atomic E-state index is 0.0919. The van der Waals surface area contributed by atoms with E-state index in [0.717, 1.165) is 26.1 Å². The van der Waals surface area contributed by atoms with Crippen molar-refractivity contribution >= 4 is 5.78 Å². The number of hydrogen-bond acceptors (Lipinski definition) is 4. The standard InChI is InChI=1S/C16H23FN2O2/c1-4-13-10-19(8-7-18(13)2)11-15(20)14-9-12(17)5-6-16(14)21-3/h5-6,9,13H,4,7-8,10-11H2,1-3H3. The number of piperazine rings is 1. The van der Waals surface area contributed by atoms with Gasteiger partial charge in [0.15, 0.2) is 5.78 Å². The van der Waals surface area contributed by atoms with E-state index in [1.54, 1.807) is 0 Å². The molecule has 21 heavy (non-hydrogen) atoms. The van der Waals surface area contributed by atoms with Crippen LogP contribution in [0, 0.1) is 5.82 Å². The lowest BCUT2D eigenvalue weighted by Crippen LogP contribution is -2.52. The van der Waals surface area contributed by atoms with Gasteiger partial charge in [-0.2, -0.15) is 0 Å². The SMILES string of the molecule is CCC1CN(CC(=O)c2cc(F)ccc2OC)CCN1C. The molecule has 4 nitrogen and oxygen atoms in total. The normalized spacial score (nSPS) is 20.5. The first-order valence-corrected chi connectivity index (χ1v) is 7.34. The van der Waals surface area contributed by atoms with Gasteiger partial charge in [0.25, 0.3) is 0 Å². The van der Waals surface area contributed by atoms with E-state index in [0.29, 0.717) is 23.9 Å². The first kappa shape index (κ1) is 15.9. The fraction of sp³-hybridized carbons (Fsp3) is 0.562. The summed E-state index contributed by atoms with van der Waals surface area (Å²) in [5.41, 5.74) is 0.324. The van der Waals surface area contributed by atoms with Gasteiger partial charge in [-0.05, 0) is 31.7 Å². The molecule has 1 fully saturated rings. The second kappa shape index (κ2) is 7.00. The monoisotopic (exact) mass is 294 g/mol. The van der Waals surface area contributed by atoms with Gasteiger partial charge in [-0.1, -0.05) is 6.92 Å². The molecule has 0 aromatic heterocycles. The molecule has 0 N–H and O–H groups in total. The van der Waals surface area contributed by atoms with Gasteiger partial charge in [0.1, 0.15) is 11.6 Å². The van der Waals surface area contributed by atoms with Crippen molar-refractivity contribution < 1.29 is 13.9 Å². The average molecular weight is 294 g/mol. The predicted molar refractivity (Wildman–Crippen MR) is 80.4 cm³/mol. The molecule has 1 saturated heterocycles. The maximum Gasteiger partial charge on any atom is 0.180 e. The number of halogens is 1. The Morgan fingerprint density at radius 2 is 2.19 bits per heavy atom. The van der Waals surface area contributed by atoms with E-state index >= 15 is 0 Å². The highest BCUT2D eigenvalue weighted by Gasteiger charge is 2.25. The molecule has 0 saturated carbocycles. The lowest BCUT2D eigenvalue weighted by atomic mass is 10.1. The number of ether oxygens (including phenoxy) is 1. The molecule has 5 heteroatoms. The maximum absolute atomic E-state index is 13.4. The van der Waals surface area contributed by atoms with Gasteiger partial charge in [-0.25, -0.2) is 4.39 Å². The van der Waals surface area contributed by atoms with Gasteiger partial charge < -0.3 is 9.64 Å². The molecule has 1 aliphatic heterocycles. The topological polar surface area (TPSA) is 32.8 Å². The van der Waals surface area contributed by atoms with E-state index < -0.39 is 5.82 Å². The van der Waals surface area contributed by atoms with Crippen molar-refractivity contribution in [1.29, 1.82) is 0 Å². The van der Waals surface area contributed by atoms with E-state index in [1.165, 1.54) is 25.3 Å². The van der Waals surface area contributed by atoms with E-state index in [9.17, 15) is 9.18 Å². The second-order valence-electron chi connectivity index (χ2n) is 5.55. The lowest BCUT2D eigenvalue weighted by molar-refractivity contribution is 0.0740. The zero-order chi connectivity index (χ0) is 15.4. The lowest BCUT2D eigenvalue weighted by Gasteiger charge is -2.38. The van der Waals surface area contributed by atoms with Crippen LogP contribution in [0.4, 0.5) is 4.39 Å². The second-order valence-corrected chi connectivity index (χ2v) is 5.55. The van der Waals surface area contributed by atoms with Crippen molar-refractivity contribution in [3.05, 3.63) is 29.6 Å². The van der Waals surface area contributed by atoms with Crippen LogP contribution in [0.5, 0.6) is 5.75 Å². The van der Waals surface area contributed by atoms with Crippen molar-refractivity contribution in [2.75, 3.05) is 40.3 Å². The summed E-state index contributed by atoms with van der Waals surface area (Å²) in [6, 6.07) is 4.54. The number of ketones is 1. The third kappa shape index (κ3) is 3.80. The Bertz CT molecular complexity index is 507. The van der Waals surface area contributed by atoms with E-state index in [1.807, 2.05) is 0 Å². The fourth-order valence-electron chi connectivity index (χ4n) is 2.78. The molecule has 0 amide bonds. The Morgan fingerprint density at radius 1 is 1.43 bits per heavy atom. The number of Topliss-reactive ketones (excluding diaryl/α,β-unsaturated/α-hetero) is 1. The van der Waals surface area contributed by atoms with E-state index in [2.05, 4.69) is 23.8 Å². The van der Waals surface area contributed by atoms with Crippen LogP contribution in [-0.2, 0) is 0 Å². The first-order chi connectivity index (χ1) is 10.0. The number of rotatable bonds is 5. The van der Waals surface area contributed by atoms with Gasteiger partial charge in [0, 0.05) is 25.7 Å². The molecule has 0 bridgehead atoms. The molecular formula is C16H23FN2O2. The first-order valence-electron chi connectivity index (χ1n) is 7.34. The summed E-state index contributed by atoms with van der Waals surface area (Å²) in [6.07, 6.45) is 1.06. The van der Waals surface area contributed by atoms with Crippen LogP contribution in [-0.4, -0.2) is 62.0 Å². The zero-order valence-electron chi connectivity index (χ0n) is 12.9. The molecule has 2 rings (SSSR count). The number of carbonyl (C=O) groups excluding carboxylic acids is 1. The predicted octanol–water partition coefficient (Wildman–Crippen LogP) is 2.04. The van der Waals surface area contributed by atoms with Gasteiger partial charge >= 0.3 is 0 Å². The third-order valence-corrected chi connectivity index (χ3v) is 4.16. The number of benzene rings is 1. The molecule has 1 unspecified atom stereocenters. The third-order valence-electron chi connectivity index (χ3n) is 4.16. The van der Waals surface area contributed by atoms with Crippen LogP contribution in [0.25, 0.3) is 0 Å². The van der Waals surface area contributed by atoms with Gasteiger partial charge in [-0.3, -0.25) is 9.69 Å². The maximum atomic E-state index is 13.4. The summed E-state index contributed by atoms with van der Waals surface area (Å²) < 4.78 is 18.5. The number of hydrogen-bond donors (Lipinski definition) is 0. The van der Waals surface area contributed by atoms with Crippen molar-refractivity contribution in [1.82, 2.24) is 9.80 Å². The molecule has 0 spiro atoms. The Morgan fingerprint density at radius 3 is 2.86 bits per heavy atom. The van der Waals surface area contributed by atoms with Gasteiger partial charge in [-0.15, -0.1) is 0 Å². The van der Waals surface area contributed by atoms with E-state index in [4.69, 9.17) is 4.74 Å². The molecule has 1 heterocycles. The number of carbonyl (C=O) groups is 1. The van der Waals surface area contributed by atoms with Crippen LogP contribution in [0.15, 0.2) is 18.2 Å². The fourth-order valence-corrected chi connectivity index (χ4v) is 2.78. The van der Waals surface area contributed by atoms with Crippen LogP contribution in [0.3, 0.4) is 0 Å². The van der Waals surface area contributed by atoms with Crippen molar-refractivity contribution in [2.24, 2.45) is 0 Å².